The van der Waals surface area contributed by atoms with Gasteiger partial charge in [-0.2, -0.15) is 0 Å². The molecule has 5 atom stereocenters. The first kappa shape index (κ1) is 24.2. The first-order valence-electron chi connectivity index (χ1n) is 12.5. The Kier molecular flexibility index (Phi) is 6.85. The van der Waals surface area contributed by atoms with Gasteiger partial charge in [0.1, 0.15) is 0 Å². The van der Waals surface area contributed by atoms with Gasteiger partial charge in [-0.25, -0.2) is 0 Å². The van der Waals surface area contributed by atoms with Crippen LogP contribution in [0.25, 0.3) is 6.08 Å². The molecule has 0 saturated carbocycles. The van der Waals surface area contributed by atoms with E-state index in [9.17, 15) is 14.7 Å². The van der Waals surface area contributed by atoms with Crippen molar-refractivity contribution in [2.75, 3.05) is 6.61 Å². The number of nitrogens with zero attached hydrogens (tertiary/aromatic N) is 3. The molecule has 2 N–H and O–H groups in total. The van der Waals surface area contributed by atoms with E-state index in [0.29, 0.717) is 18.7 Å². The molecule has 0 aliphatic carbocycles. The Balaban J connectivity index is 1.55. The van der Waals surface area contributed by atoms with Gasteiger partial charge < -0.3 is 15.0 Å². The number of aliphatic hydroxyl groups is 1. The minimum absolute atomic E-state index is 0.0560. The average molecular weight is 485 g/mol. The minimum Gasteiger partial charge on any atom is -0.396 e. The highest BCUT2D eigenvalue weighted by atomic mass is 16.3. The van der Waals surface area contributed by atoms with Gasteiger partial charge in [-0.05, 0) is 49.2 Å². The van der Waals surface area contributed by atoms with Gasteiger partial charge >= 0.3 is 0 Å². The maximum atomic E-state index is 13.8. The topological polar surface area (TPSA) is 87.5 Å². The molecule has 1 fully saturated rings. The van der Waals surface area contributed by atoms with E-state index in [0.717, 1.165) is 16.8 Å². The number of allylic oxidation sites excluding steroid dienone is 1. The van der Waals surface area contributed by atoms with E-state index in [1.165, 1.54) is 0 Å². The molecule has 3 aromatic rings. The number of carbonyl (C=O) groups is 1. The summed E-state index contributed by atoms with van der Waals surface area (Å²) in [5.41, 5.74) is 3.49. The van der Waals surface area contributed by atoms with Gasteiger partial charge in [0.25, 0.3) is 5.56 Å². The van der Waals surface area contributed by atoms with E-state index in [1.54, 1.807) is 12.4 Å². The van der Waals surface area contributed by atoms with Crippen LogP contribution in [0.1, 0.15) is 48.3 Å². The number of fused-ring (bicyclic) bond motifs is 4. The summed E-state index contributed by atoms with van der Waals surface area (Å²) in [6.07, 6.45) is 7.20. The zero-order valence-corrected chi connectivity index (χ0v) is 20.6. The number of hydrogen-bond donors (Lipinski definition) is 2. The fourth-order valence-electron chi connectivity index (χ4n) is 5.90. The van der Waals surface area contributed by atoms with Gasteiger partial charge in [0.15, 0.2) is 0 Å². The van der Waals surface area contributed by atoms with Crippen LogP contribution in [0, 0.1) is 11.8 Å². The highest BCUT2D eigenvalue weighted by Crippen LogP contribution is 2.49. The summed E-state index contributed by atoms with van der Waals surface area (Å²) in [6.45, 7) is 4.77. The van der Waals surface area contributed by atoms with Crippen LogP contribution >= 0.6 is 0 Å². The number of nitrogens with one attached hydrogen (secondary N) is 1. The summed E-state index contributed by atoms with van der Waals surface area (Å²) in [5.74, 6) is -0.894. The molecular weight excluding hydrogens is 452 g/mol. The summed E-state index contributed by atoms with van der Waals surface area (Å²) < 4.78 is 1.81. The fraction of sp³-hybridized carbons (Fsp3) is 0.345. The quantitative estimate of drug-likeness (QED) is 0.537. The van der Waals surface area contributed by atoms with Crippen LogP contribution in [0.3, 0.4) is 0 Å². The van der Waals surface area contributed by atoms with Crippen molar-refractivity contribution in [1.82, 2.24) is 19.8 Å². The predicted octanol–water partition coefficient (Wildman–Crippen LogP) is 3.32. The number of amides is 1. The zero-order chi connectivity index (χ0) is 25.2. The van der Waals surface area contributed by atoms with Crippen molar-refractivity contribution >= 4 is 12.0 Å². The van der Waals surface area contributed by atoms with Gasteiger partial charge in [0.05, 0.1) is 18.0 Å². The number of hydrogen-bond acceptors (Lipinski definition) is 5. The lowest BCUT2D eigenvalue weighted by Crippen LogP contribution is -2.46. The Hall–Kier alpha value is -3.55. The average Bonchev–Trinajstić information content (AvgIpc) is 3.10. The lowest BCUT2D eigenvalue weighted by molar-refractivity contribution is -0.128. The van der Waals surface area contributed by atoms with Crippen LogP contribution in [0.2, 0.25) is 0 Å². The third kappa shape index (κ3) is 4.29. The van der Waals surface area contributed by atoms with Crippen molar-refractivity contribution in [3.05, 3.63) is 106 Å². The molecule has 36 heavy (non-hydrogen) atoms. The molecule has 2 aliphatic heterocycles. The monoisotopic (exact) mass is 484 g/mol. The van der Waals surface area contributed by atoms with Crippen molar-refractivity contribution < 1.29 is 9.90 Å². The van der Waals surface area contributed by atoms with Gasteiger partial charge in [-0.3, -0.25) is 19.5 Å². The molecule has 0 radical (unpaired) electrons. The lowest BCUT2D eigenvalue weighted by Gasteiger charge is -2.38. The van der Waals surface area contributed by atoms with Crippen LogP contribution in [0.15, 0.2) is 77.9 Å². The molecule has 1 aromatic carbocycles. The summed E-state index contributed by atoms with van der Waals surface area (Å²) in [4.78, 5) is 33.6. The van der Waals surface area contributed by atoms with E-state index >= 15 is 0 Å². The van der Waals surface area contributed by atoms with Gasteiger partial charge in [0.2, 0.25) is 5.91 Å². The highest BCUT2D eigenvalue weighted by molar-refractivity contribution is 5.81. The number of aromatic nitrogens is 2. The Morgan fingerprint density at radius 2 is 1.92 bits per heavy atom. The van der Waals surface area contributed by atoms with E-state index in [-0.39, 0.29) is 42.1 Å². The predicted molar refractivity (Wildman–Crippen MR) is 139 cm³/mol. The van der Waals surface area contributed by atoms with Crippen molar-refractivity contribution in [2.24, 2.45) is 11.8 Å². The second kappa shape index (κ2) is 10.2. The molecule has 0 spiro atoms. The lowest BCUT2D eigenvalue weighted by atomic mass is 9.86. The summed E-state index contributed by atoms with van der Waals surface area (Å²) in [5, 5.41) is 13.7. The summed E-state index contributed by atoms with van der Waals surface area (Å²) in [7, 11) is 0. The van der Waals surface area contributed by atoms with E-state index in [2.05, 4.69) is 15.2 Å². The van der Waals surface area contributed by atoms with Gasteiger partial charge in [0, 0.05) is 55.3 Å². The molecule has 1 saturated heterocycles. The standard InChI is InChI=1S/C29H32N4O3/c1-3-7-22-10-11-24-27-26(28(35)31-19(2)21-8-5-4-6-9-21)23(18-34)25(17-33(24)29(22)36)32(27)16-20-12-14-30-15-13-20/h3-15,19,23,25-27,34H,16-18H2,1-2H3,(H,31,35)/b7-3+/t19-,23+,25+,26-,27-/m1/s1. The Bertz CT molecular complexity index is 1310. The number of carbonyl (C=O) groups excluding carboxylic acids is 1. The number of pyridine rings is 2. The summed E-state index contributed by atoms with van der Waals surface area (Å²) in [6, 6.07) is 16.9. The van der Waals surface area contributed by atoms with E-state index in [4.69, 9.17) is 0 Å². The summed E-state index contributed by atoms with van der Waals surface area (Å²) >= 11 is 0. The van der Waals surface area contributed by atoms with Crippen LogP contribution in [0.4, 0.5) is 0 Å². The Morgan fingerprint density at radius 1 is 1.17 bits per heavy atom. The molecule has 5 rings (SSSR count). The molecule has 0 unspecified atom stereocenters. The zero-order valence-electron chi connectivity index (χ0n) is 20.6. The molecule has 2 aliphatic rings. The first-order chi connectivity index (χ1) is 17.5. The van der Waals surface area contributed by atoms with E-state index < -0.39 is 5.92 Å². The SMILES string of the molecule is C/C=C/c1ccc2n(c1=O)C[C@H]1[C@H](CO)[C@@H](C(=O)N[C@H](C)c3ccccc3)[C@@H]2N1Cc1ccncc1. The number of rotatable bonds is 7. The largest absolute Gasteiger partial charge is 0.396 e. The molecular formula is C29H32N4O3. The highest BCUT2D eigenvalue weighted by Gasteiger charge is 2.55. The van der Waals surface area contributed by atoms with Crippen LogP contribution in [-0.4, -0.2) is 38.1 Å². The number of aliphatic hydroxyl groups excluding tert-OH is 1. The molecule has 2 bridgehead atoms. The smallest absolute Gasteiger partial charge is 0.258 e. The Morgan fingerprint density at radius 3 is 2.61 bits per heavy atom. The van der Waals surface area contributed by atoms with Gasteiger partial charge in [-0.15, -0.1) is 0 Å². The molecule has 4 heterocycles. The van der Waals surface area contributed by atoms with Crippen molar-refractivity contribution in [2.45, 2.75) is 45.1 Å². The number of benzene rings is 1. The normalized spacial score (nSPS) is 24.0. The molecule has 186 valence electrons. The fourth-order valence-corrected chi connectivity index (χ4v) is 5.90. The second-order valence-corrected chi connectivity index (χ2v) is 9.68. The third-order valence-electron chi connectivity index (χ3n) is 7.62. The van der Waals surface area contributed by atoms with Crippen LogP contribution in [-0.2, 0) is 17.9 Å². The van der Waals surface area contributed by atoms with E-state index in [1.807, 2.05) is 85.2 Å². The third-order valence-corrected chi connectivity index (χ3v) is 7.62. The maximum Gasteiger partial charge on any atom is 0.258 e. The minimum atomic E-state index is -0.492. The second-order valence-electron chi connectivity index (χ2n) is 9.68. The van der Waals surface area contributed by atoms with Gasteiger partial charge in [-0.1, -0.05) is 42.5 Å². The van der Waals surface area contributed by atoms with Crippen LogP contribution in [0.5, 0.6) is 0 Å². The first-order valence-corrected chi connectivity index (χ1v) is 12.5. The molecule has 7 heteroatoms. The molecule has 1 amide bonds. The van der Waals surface area contributed by atoms with Crippen molar-refractivity contribution in [1.29, 1.82) is 0 Å². The van der Waals surface area contributed by atoms with Crippen LogP contribution < -0.4 is 10.9 Å². The maximum absolute atomic E-state index is 13.8. The van der Waals surface area contributed by atoms with Crippen molar-refractivity contribution in [3.8, 4) is 0 Å². The molecule has 7 nitrogen and oxygen atoms in total. The Labute approximate surface area is 211 Å². The molecule has 2 aromatic heterocycles. The van der Waals surface area contributed by atoms with Crippen molar-refractivity contribution in [3.63, 3.8) is 0 Å².